The summed E-state index contributed by atoms with van der Waals surface area (Å²) >= 11 is 0. The lowest BCUT2D eigenvalue weighted by Crippen LogP contribution is -2.58. The summed E-state index contributed by atoms with van der Waals surface area (Å²) in [6.45, 7) is 4.11. The molecular weight excluding hydrogens is 280 g/mol. The average molecular weight is 295 g/mol. The Morgan fingerprint density at radius 3 is 2.33 bits per heavy atom. The SMILES string of the molecule is C[C@@H]1CN(c2cc(F)c(C#N)c(F)c2)[C@@H](C)CN1C(=O)O. The van der Waals surface area contributed by atoms with E-state index in [1.54, 1.807) is 18.7 Å². The van der Waals surface area contributed by atoms with E-state index in [1.807, 2.05) is 0 Å². The molecule has 0 radical (unpaired) electrons. The molecule has 0 unspecified atom stereocenters. The third-order valence-electron chi connectivity index (χ3n) is 3.70. The summed E-state index contributed by atoms with van der Waals surface area (Å²) in [6, 6.07) is 3.20. The van der Waals surface area contributed by atoms with Gasteiger partial charge in [0.1, 0.15) is 23.3 Å². The van der Waals surface area contributed by atoms with Gasteiger partial charge in [-0.25, -0.2) is 13.6 Å². The number of carbonyl (C=O) groups is 1. The van der Waals surface area contributed by atoms with Crippen LogP contribution < -0.4 is 4.90 Å². The highest BCUT2D eigenvalue weighted by Gasteiger charge is 2.32. The molecule has 5 nitrogen and oxygen atoms in total. The standard InChI is InChI=1S/C14H15F2N3O2/c1-8-7-19(14(20)21)9(2)6-18(8)10-3-12(15)11(5-17)13(16)4-10/h3-4,8-9H,6-7H2,1-2H3,(H,20,21)/t8-,9+/m0/s1. The third-order valence-corrected chi connectivity index (χ3v) is 3.70. The number of benzene rings is 1. The maximum atomic E-state index is 13.7. The Labute approximate surface area is 121 Å². The fourth-order valence-electron chi connectivity index (χ4n) is 2.59. The van der Waals surface area contributed by atoms with E-state index < -0.39 is 23.3 Å². The van der Waals surface area contributed by atoms with E-state index in [9.17, 15) is 13.6 Å². The number of rotatable bonds is 1. The summed E-state index contributed by atoms with van der Waals surface area (Å²) in [5, 5.41) is 17.8. The molecule has 7 heteroatoms. The van der Waals surface area contributed by atoms with Gasteiger partial charge in [0, 0.05) is 30.9 Å². The second kappa shape index (κ2) is 5.56. The maximum Gasteiger partial charge on any atom is 0.407 e. The van der Waals surface area contributed by atoms with Gasteiger partial charge in [-0.1, -0.05) is 0 Å². The molecular formula is C14H15F2N3O2. The van der Waals surface area contributed by atoms with Crippen LogP contribution in [0.5, 0.6) is 0 Å². The van der Waals surface area contributed by atoms with Gasteiger partial charge in [0.25, 0.3) is 0 Å². The molecule has 1 aliphatic heterocycles. The van der Waals surface area contributed by atoms with Gasteiger partial charge in [0.15, 0.2) is 0 Å². The molecule has 0 spiro atoms. The molecule has 21 heavy (non-hydrogen) atoms. The Balaban J connectivity index is 2.31. The number of piperazine rings is 1. The van der Waals surface area contributed by atoms with Gasteiger partial charge in [0.05, 0.1) is 0 Å². The zero-order valence-electron chi connectivity index (χ0n) is 11.7. The number of amides is 1. The van der Waals surface area contributed by atoms with Crippen molar-refractivity contribution in [3.63, 3.8) is 0 Å². The van der Waals surface area contributed by atoms with Crippen molar-refractivity contribution in [2.45, 2.75) is 25.9 Å². The minimum absolute atomic E-state index is 0.218. The van der Waals surface area contributed by atoms with Crippen LogP contribution in [0.15, 0.2) is 12.1 Å². The molecule has 1 fully saturated rings. The molecule has 0 saturated carbocycles. The van der Waals surface area contributed by atoms with E-state index in [2.05, 4.69) is 0 Å². The van der Waals surface area contributed by atoms with Crippen molar-refractivity contribution in [3.05, 3.63) is 29.3 Å². The van der Waals surface area contributed by atoms with Crippen molar-refractivity contribution in [2.75, 3.05) is 18.0 Å². The average Bonchev–Trinajstić information content (AvgIpc) is 2.40. The number of nitrogens with zero attached hydrogens (tertiary/aromatic N) is 3. The quantitative estimate of drug-likeness (QED) is 0.864. The minimum atomic E-state index is -1.01. The molecule has 1 aliphatic rings. The Kier molecular flexibility index (Phi) is 3.98. The maximum absolute atomic E-state index is 13.7. The smallest absolute Gasteiger partial charge is 0.407 e. The number of anilines is 1. The van der Waals surface area contributed by atoms with Crippen LogP contribution in [0.4, 0.5) is 19.3 Å². The molecule has 0 aliphatic carbocycles. The summed E-state index contributed by atoms with van der Waals surface area (Å²) in [6.07, 6.45) is -1.01. The van der Waals surface area contributed by atoms with Crippen molar-refractivity contribution < 1.29 is 18.7 Å². The van der Waals surface area contributed by atoms with Crippen LogP contribution >= 0.6 is 0 Å². The lowest BCUT2D eigenvalue weighted by atomic mass is 10.1. The van der Waals surface area contributed by atoms with Crippen LogP contribution in [0.3, 0.4) is 0 Å². The third kappa shape index (κ3) is 2.75. The van der Waals surface area contributed by atoms with Gasteiger partial charge in [-0.15, -0.1) is 0 Å². The summed E-state index contributed by atoms with van der Waals surface area (Å²) in [7, 11) is 0. The lowest BCUT2D eigenvalue weighted by Gasteiger charge is -2.44. The van der Waals surface area contributed by atoms with Crippen molar-refractivity contribution in [2.24, 2.45) is 0 Å². The summed E-state index contributed by atoms with van der Waals surface area (Å²) in [4.78, 5) is 14.1. The first-order valence-corrected chi connectivity index (χ1v) is 6.50. The Morgan fingerprint density at radius 1 is 1.29 bits per heavy atom. The number of hydrogen-bond donors (Lipinski definition) is 1. The molecule has 2 atom stereocenters. The molecule has 1 heterocycles. The highest BCUT2D eigenvalue weighted by atomic mass is 19.1. The molecule has 1 aromatic rings. The first-order chi connectivity index (χ1) is 9.85. The zero-order valence-corrected chi connectivity index (χ0v) is 11.7. The highest BCUT2D eigenvalue weighted by molar-refractivity contribution is 5.66. The molecule has 1 N–H and O–H groups in total. The monoisotopic (exact) mass is 295 g/mol. The Hall–Kier alpha value is -2.36. The largest absolute Gasteiger partial charge is 0.465 e. The van der Waals surface area contributed by atoms with Gasteiger partial charge >= 0.3 is 6.09 Å². The van der Waals surface area contributed by atoms with E-state index in [4.69, 9.17) is 10.4 Å². The van der Waals surface area contributed by atoms with Crippen LogP contribution in [0.2, 0.25) is 0 Å². The van der Waals surface area contributed by atoms with Crippen molar-refractivity contribution in [1.82, 2.24) is 4.90 Å². The fraction of sp³-hybridized carbons (Fsp3) is 0.429. The molecule has 1 saturated heterocycles. The second-order valence-corrected chi connectivity index (χ2v) is 5.18. The summed E-state index contributed by atoms with van der Waals surface area (Å²) in [5.41, 5.74) is -0.294. The van der Waals surface area contributed by atoms with Gasteiger partial charge in [-0.3, -0.25) is 0 Å². The molecule has 2 rings (SSSR count). The summed E-state index contributed by atoms with van der Waals surface area (Å²) in [5.74, 6) is -1.82. The fourth-order valence-corrected chi connectivity index (χ4v) is 2.59. The number of carboxylic acid groups (broad SMARTS) is 1. The van der Waals surface area contributed by atoms with Crippen LogP contribution in [0, 0.1) is 23.0 Å². The predicted molar refractivity (Wildman–Crippen MR) is 72.1 cm³/mol. The first kappa shape index (κ1) is 15.0. The Bertz CT molecular complexity index is 592. The van der Waals surface area contributed by atoms with Gasteiger partial charge in [-0.05, 0) is 26.0 Å². The lowest BCUT2D eigenvalue weighted by molar-refractivity contribution is 0.114. The molecule has 112 valence electrons. The van der Waals surface area contributed by atoms with Crippen LogP contribution in [-0.4, -0.2) is 41.3 Å². The number of hydrogen-bond acceptors (Lipinski definition) is 3. The van der Waals surface area contributed by atoms with E-state index in [0.717, 1.165) is 12.1 Å². The first-order valence-electron chi connectivity index (χ1n) is 6.50. The van der Waals surface area contributed by atoms with Gasteiger partial charge in [-0.2, -0.15) is 5.26 Å². The van der Waals surface area contributed by atoms with Crippen molar-refractivity contribution >= 4 is 11.8 Å². The molecule has 1 aromatic carbocycles. The Morgan fingerprint density at radius 2 is 1.86 bits per heavy atom. The molecule has 1 amide bonds. The van der Waals surface area contributed by atoms with E-state index in [0.29, 0.717) is 12.2 Å². The highest BCUT2D eigenvalue weighted by Crippen LogP contribution is 2.27. The molecule has 0 bridgehead atoms. The second-order valence-electron chi connectivity index (χ2n) is 5.18. The van der Waals surface area contributed by atoms with Crippen LogP contribution in [0.1, 0.15) is 19.4 Å². The van der Waals surface area contributed by atoms with Crippen molar-refractivity contribution in [1.29, 1.82) is 5.26 Å². The predicted octanol–water partition coefficient (Wildman–Crippen LogP) is 2.41. The molecule has 0 aromatic heterocycles. The zero-order chi connectivity index (χ0) is 15.7. The van der Waals surface area contributed by atoms with E-state index in [1.165, 1.54) is 11.0 Å². The van der Waals surface area contributed by atoms with E-state index >= 15 is 0 Å². The number of nitriles is 1. The van der Waals surface area contributed by atoms with Gasteiger partial charge < -0.3 is 14.9 Å². The normalized spacial score (nSPS) is 22.0. The van der Waals surface area contributed by atoms with Crippen LogP contribution in [0.25, 0.3) is 0 Å². The summed E-state index contributed by atoms with van der Waals surface area (Å²) < 4.78 is 27.4. The van der Waals surface area contributed by atoms with Crippen molar-refractivity contribution in [3.8, 4) is 6.07 Å². The van der Waals surface area contributed by atoms with Gasteiger partial charge in [0.2, 0.25) is 0 Å². The topological polar surface area (TPSA) is 67.6 Å². The number of halogens is 2. The minimum Gasteiger partial charge on any atom is -0.465 e. The van der Waals surface area contributed by atoms with E-state index in [-0.39, 0.29) is 18.6 Å². The van der Waals surface area contributed by atoms with Crippen LogP contribution in [-0.2, 0) is 0 Å².